The summed E-state index contributed by atoms with van der Waals surface area (Å²) >= 11 is 2.99. The predicted octanol–water partition coefficient (Wildman–Crippen LogP) is 7.57. The number of fused-ring (bicyclic) bond motifs is 3. The highest BCUT2D eigenvalue weighted by Crippen LogP contribution is 2.37. The van der Waals surface area contributed by atoms with Crippen molar-refractivity contribution in [2.75, 3.05) is 5.75 Å². The third-order valence-corrected chi connectivity index (χ3v) is 10.2. The fourth-order valence-electron chi connectivity index (χ4n) is 5.79. The van der Waals surface area contributed by atoms with E-state index in [4.69, 9.17) is 4.98 Å². The van der Waals surface area contributed by atoms with E-state index in [9.17, 15) is 9.59 Å². The first kappa shape index (κ1) is 26.8. The van der Waals surface area contributed by atoms with E-state index in [-0.39, 0.29) is 17.1 Å². The van der Waals surface area contributed by atoms with E-state index in [1.165, 1.54) is 33.3 Å². The van der Waals surface area contributed by atoms with Crippen LogP contribution in [0.2, 0.25) is 0 Å². The van der Waals surface area contributed by atoms with Crippen LogP contribution >= 0.6 is 23.1 Å². The molecule has 3 aromatic heterocycles. The van der Waals surface area contributed by atoms with Gasteiger partial charge in [-0.3, -0.25) is 14.2 Å². The molecule has 6 rings (SSSR count). The molecule has 5 nitrogen and oxygen atoms in total. The molecule has 204 valence electrons. The van der Waals surface area contributed by atoms with E-state index < -0.39 is 0 Å². The summed E-state index contributed by atoms with van der Waals surface area (Å²) in [5, 5.41) is 1.31. The molecule has 0 N–H and O–H groups in total. The summed E-state index contributed by atoms with van der Waals surface area (Å²) in [5.74, 6) is 0.845. The molecular formula is C33H33N3O2S2. The molecule has 5 aromatic rings. The molecule has 40 heavy (non-hydrogen) atoms. The molecule has 0 bridgehead atoms. The number of benzene rings is 2. The van der Waals surface area contributed by atoms with Gasteiger partial charge < -0.3 is 4.57 Å². The van der Waals surface area contributed by atoms with E-state index in [2.05, 4.69) is 43.5 Å². The van der Waals surface area contributed by atoms with Crippen LogP contribution in [0, 0.1) is 33.6 Å². The zero-order valence-electron chi connectivity index (χ0n) is 23.6. The van der Waals surface area contributed by atoms with Crippen LogP contribution < -0.4 is 5.56 Å². The minimum atomic E-state index is -0.0360. The Hall–Kier alpha value is -3.42. The average Bonchev–Trinajstić information content (AvgIpc) is 3.45. The monoisotopic (exact) mass is 567 g/mol. The van der Waals surface area contributed by atoms with Crippen molar-refractivity contribution in [2.45, 2.75) is 59.0 Å². The lowest BCUT2D eigenvalue weighted by molar-refractivity contribution is 0.102. The van der Waals surface area contributed by atoms with Gasteiger partial charge in [0.2, 0.25) is 0 Å². The Morgan fingerprint density at radius 2 is 1.77 bits per heavy atom. The van der Waals surface area contributed by atoms with E-state index in [0.717, 1.165) is 52.2 Å². The first-order valence-electron chi connectivity index (χ1n) is 13.8. The maximum absolute atomic E-state index is 14.0. The Kier molecular flexibility index (Phi) is 7.05. The summed E-state index contributed by atoms with van der Waals surface area (Å²) < 4.78 is 3.84. The fraction of sp³-hybridized carbons (Fsp3) is 0.303. The molecule has 1 aliphatic rings. The Labute approximate surface area is 242 Å². The number of carbonyl (C=O) groups excluding carboxylic acids is 1. The SMILES string of the molecule is Cc1ccc(-n2c(C)cc(C(=O)CSc3nc4sc5c(c4c(=O)n3-c3ccccc3)CC[C@@H](C)C5)c2C)cc1C. The number of para-hydroxylation sites is 1. The Balaban J connectivity index is 1.37. The molecule has 0 unspecified atom stereocenters. The third-order valence-electron chi connectivity index (χ3n) is 8.13. The van der Waals surface area contributed by atoms with Crippen LogP contribution in [0.1, 0.15) is 56.7 Å². The van der Waals surface area contributed by atoms with Gasteiger partial charge in [-0.25, -0.2) is 4.98 Å². The zero-order valence-corrected chi connectivity index (χ0v) is 25.2. The lowest BCUT2D eigenvalue weighted by Gasteiger charge is -2.17. The van der Waals surface area contributed by atoms with E-state index in [1.807, 2.05) is 50.2 Å². The van der Waals surface area contributed by atoms with Gasteiger partial charge in [0.1, 0.15) is 4.83 Å². The van der Waals surface area contributed by atoms with E-state index in [1.54, 1.807) is 15.9 Å². The van der Waals surface area contributed by atoms with Gasteiger partial charge >= 0.3 is 0 Å². The highest BCUT2D eigenvalue weighted by Gasteiger charge is 2.26. The summed E-state index contributed by atoms with van der Waals surface area (Å²) in [7, 11) is 0. The maximum atomic E-state index is 14.0. The van der Waals surface area contributed by atoms with Crippen LogP contribution in [0.15, 0.2) is 64.5 Å². The molecule has 2 aromatic carbocycles. The summed E-state index contributed by atoms with van der Waals surface area (Å²) in [5.41, 5.74) is 8.09. The standard InChI is InChI=1S/C33H33N3O2S2/c1-19-11-14-26-29(15-19)40-31-30(26)32(38)36(24-9-7-6-8-10-24)33(34-31)39-18-28(37)27-17-22(4)35(23(27)5)25-13-12-20(2)21(3)16-25/h6-10,12-13,16-17,19H,11,14-15,18H2,1-5H3/t19-/m1/s1. The van der Waals surface area contributed by atoms with Gasteiger partial charge in [-0.1, -0.05) is 43.0 Å². The number of nitrogens with zero attached hydrogens (tertiary/aromatic N) is 3. The molecule has 0 aliphatic heterocycles. The second-order valence-corrected chi connectivity index (χ2v) is 13.0. The number of hydrogen-bond donors (Lipinski definition) is 0. The van der Waals surface area contributed by atoms with Gasteiger partial charge in [-0.05, 0) is 99.9 Å². The molecule has 1 atom stereocenters. The molecule has 7 heteroatoms. The van der Waals surface area contributed by atoms with E-state index >= 15 is 0 Å². The molecular weight excluding hydrogens is 535 g/mol. The van der Waals surface area contributed by atoms with Crippen LogP contribution in [-0.2, 0) is 12.8 Å². The van der Waals surface area contributed by atoms with Crippen LogP contribution in [-0.4, -0.2) is 25.7 Å². The minimum Gasteiger partial charge on any atom is -0.318 e. The second kappa shape index (κ2) is 10.5. The van der Waals surface area contributed by atoms with Crippen molar-refractivity contribution in [3.05, 3.63) is 103 Å². The molecule has 3 heterocycles. The fourth-order valence-corrected chi connectivity index (χ4v) is 8.11. The van der Waals surface area contributed by atoms with Crippen LogP contribution in [0.5, 0.6) is 0 Å². The predicted molar refractivity (Wildman–Crippen MR) is 166 cm³/mol. The van der Waals surface area contributed by atoms with Crippen molar-refractivity contribution in [1.82, 2.24) is 14.1 Å². The third kappa shape index (κ3) is 4.65. The van der Waals surface area contributed by atoms with Gasteiger partial charge in [-0.15, -0.1) is 11.3 Å². The smallest absolute Gasteiger partial charge is 0.267 e. The molecule has 1 aliphatic carbocycles. The first-order chi connectivity index (χ1) is 19.2. The summed E-state index contributed by atoms with van der Waals surface area (Å²) in [6.45, 7) is 10.5. The number of ketones is 1. The van der Waals surface area contributed by atoms with Gasteiger partial charge in [0.05, 0.1) is 16.8 Å². The number of rotatable bonds is 6. The van der Waals surface area contributed by atoms with Crippen molar-refractivity contribution >= 4 is 39.1 Å². The molecule has 0 spiro atoms. The summed E-state index contributed by atoms with van der Waals surface area (Å²) in [6.07, 6.45) is 3.01. The van der Waals surface area contributed by atoms with Crippen molar-refractivity contribution < 1.29 is 4.79 Å². The number of aromatic nitrogens is 3. The summed E-state index contributed by atoms with van der Waals surface area (Å²) in [4.78, 5) is 34.7. The number of aryl methyl sites for hydroxylation is 4. The van der Waals surface area contributed by atoms with E-state index in [0.29, 0.717) is 16.6 Å². The molecule has 0 fully saturated rings. The van der Waals surface area contributed by atoms with Gasteiger partial charge in [-0.2, -0.15) is 0 Å². The van der Waals surface area contributed by atoms with Crippen LogP contribution in [0.4, 0.5) is 0 Å². The zero-order chi connectivity index (χ0) is 28.1. The lowest BCUT2D eigenvalue weighted by Crippen LogP contribution is -2.23. The normalized spacial score (nSPS) is 15.0. The molecule has 0 saturated carbocycles. The molecule has 0 radical (unpaired) electrons. The van der Waals surface area contributed by atoms with Crippen molar-refractivity contribution in [1.29, 1.82) is 0 Å². The number of Topliss-reactive ketones (excluding diaryl/α,β-unsaturated/α-hetero) is 1. The van der Waals surface area contributed by atoms with Gasteiger partial charge in [0, 0.05) is 27.5 Å². The van der Waals surface area contributed by atoms with Gasteiger partial charge in [0.25, 0.3) is 5.56 Å². The van der Waals surface area contributed by atoms with Gasteiger partial charge in [0.15, 0.2) is 10.9 Å². The average molecular weight is 568 g/mol. The topological polar surface area (TPSA) is 56.9 Å². The Morgan fingerprint density at radius 3 is 2.52 bits per heavy atom. The van der Waals surface area contributed by atoms with Crippen molar-refractivity contribution in [3.63, 3.8) is 0 Å². The summed E-state index contributed by atoms with van der Waals surface area (Å²) in [6, 6.07) is 18.0. The highest BCUT2D eigenvalue weighted by atomic mass is 32.2. The molecule has 0 saturated heterocycles. The first-order valence-corrected chi connectivity index (χ1v) is 15.6. The van der Waals surface area contributed by atoms with Crippen LogP contribution in [0.25, 0.3) is 21.6 Å². The largest absolute Gasteiger partial charge is 0.318 e. The lowest BCUT2D eigenvalue weighted by atomic mass is 9.89. The number of hydrogen-bond acceptors (Lipinski definition) is 5. The highest BCUT2D eigenvalue weighted by molar-refractivity contribution is 7.99. The number of thioether (sulfide) groups is 1. The Bertz CT molecular complexity index is 1830. The van der Waals surface area contributed by atoms with Crippen LogP contribution in [0.3, 0.4) is 0 Å². The maximum Gasteiger partial charge on any atom is 0.267 e. The number of carbonyl (C=O) groups is 1. The quantitative estimate of drug-likeness (QED) is 0.121. The molecule has 0 amide bonds. The minimum absolute atomic E-state index is 0.0291. The second-order valence-electron chi connectivity index (χ2n) is 11.0. The Morgan fingerprint density at radius 1 is 1.00 bits per heavy atom. The van der Waals surface area contributed by atoms with Crippen molar-refractivity contribution in [3.8, 4) is 11.4 Å². The van der Waals surface area contributed by atoms with Crippen molar-refractivity contribution in [2.24, 2.45) is 5.92 Å². The number of thiophene rings is 1.